The van der Waals surface area contributed by atoms with E-state index in [1.807, 2.05) is 0 Å². The van der Waals surface area contributed by atoms with Crippen LogP contribution in [-0.2, 0) is 10.8 Å². The molecule has 0 saturated heterocycles. The van der Waals surface area contributed by atoms with Crippen LogP contribution in [0.3, 0.4) is 0 Å². The number of benzene rings is 12. The summed E-state index contributed by atoms with van der Waals surface area (Å²) in [6.07, 6.45) is 0. The van der Waals surface area contributed by atoms with E-state index in [1.54, 1.807) is 0 Å². The monoisotopic (exact) mass is 1090 g/mol. The number of rotatable bonds is 15. The summed E-state index contributed by atoms with van der Waals surface area (Å²) in [4.78, 5) is 4.64. The second-order valence-electron chi connectivity index (χ2n) is 23.7. The molecule has 0 radical (unpaired) electrons. The molecule has 0 unspecified atom stereocenters. The van der Waals surface area contributed by atoms with Gasteiger partial charge in [0.05, 0.1) is 0 Å². The van der Waals surface area contributed by atoms with Crippen LogP contribution < -0.4 is 20.4 Å². The van der Waals surface area contributed by atoms with Gasteiger partial charge in [0, 0.05) is 68.0 Å². The Morgan fingerprint density at radius 1 is 0.214 bits per heavy atom. The summed E-state index contributed by atoms with van der Waals surface area (Å²) < 4.78 is 0. The van der Waals surface area contributed by atoms with Crippen molar-refractivity contribution in [2.45, 2.75) is 52.4 Å². The SMILES string of the molecule is CC(C)(C)c1ccc(-c2ccccc2Nc2ccc(-c3ccc(N(c4ccccc4)c4ccc(-c5ccc(N(c6ccccc6)c6ccc(-c7ccc(Nc8ccccc8-c8ccc(C(C)(C)C)cc8)cc7)cc6)cc5)cc4)cc3)cc2)cc1. The minimum Gasteiger partial charge on any atom is -0.355 e. The summed E-state index contributed by atoms with van der Waals surface area (Å²) in [6, 6.07) is 109. The van der Waals surface area contributed by atoms with Gasteiger partial charge < -0.3 is 20.4 Å². The first kappa shape index (κ1) is 54.4. The van der Waals surface area contributed by atoms with Crippen LogP contribution >= 0.6 is 0 Å². The predicted octanol–water partition coefficient (Wildman–Crippen LogP) is 23.0. The molecule has 12 aromatic carbocycles. The van der Waals surface area contributed by atoms with Crippen molar-refractivity contribution in [1.82, 2.24) is 0 Å². The second kappa shape index (κ2) is 23.7. The zero-order valence-electron chi connectivity index (χ0n) is 48.8. The van der Waals surface area contributed by atoms with Crippen LogP contribution in [0.5, 0.6) is 0 Å². The highest BCUT2D eigenvalue weighted by Gasteiger charge is 2.18. The number of hydrogen-bond donors (Lipinski definition) is 2. The molecular weight excluding hydrogens is 1020 g/mol. The van der Waals surface area contributed by atoms with Crippen LogP contribution in [0, 0.1) is 0 Å². The average molecular weight is 1090 g/mol. The van der Waals surface area contributed by atoms with Crippen molar-refractivity contribution < 1.29 is 0 Å². The molecule has 0 atom stereocenters. The molecule has 410 valence electrons. The van der Waals surface area contributed by atoms with E-state index in [9.17, 15) is 0 Å². The van der Waals surface area contributed by atoms with Crippen LogP contribution in [0.15, 0.2) is 303 Å². The van der Waals surface area contributed by atoms with Gasteiger partial charge in [-0.3, -0.25) is 0 Å². The Morgan fingerprint density at radius 3 is 0.714 bits per heavy atom. The predicted molar refractivity (Wildman–Crippen MR) is 360 cm³/mol. The minimum atomic E-state index is 0.112. The molecular formula is C80H70N4. The number of para-hydroxylation sites is 4. The summed E-state index contributed by atoms with van der Waals surface area (Å²) in [5.74, 6) is 0. The molecule has 84 heavy (non-hydrogen) atoms. The van der Waals surface area contributed by atoms with E-state index in [2.05, 4.69) is 365 Å². The zero-order chi connectivity index (χ0) is 57.6. The van der Waals surface area contributed by atoms with Gasteiger partial charge in [-0.05, 0) is 176 Å². The van der Waals surface area contributed by atoms with Gasteiger partial charge in [-0.15, -0.1) is 0 Å². The van der Waals surface area contributed by atoms with Crippen LogP contribution in [0.25, 0.3) is 55.6 Å². The standard InChI is InChI=1S/C80H70N4/c1-79(2,3)65-41-25-63(26-42-65)75-21-13-15-23-77(75)81-67-45-29-57(30-46-67)59-33-49-71(50-34-59)83(69-17-9-7-10-18-69)73-53-37-61(38-54-73)62-39-55-74(56-40-62)84(70-19-11-8-12-20-70)72-51-35-60(36-52-72)58-31-47-68(48-32-58)82-78-24-16-14-22-76(78)64-27-43-66(44-28-64)80(4,5)6/h7-56,81-82H,1-6H3. The fourth-order valence-corrected chi connectivity index (χ4v) is 11.1. The van der Waals surface area contributed by atoms with E-state index >= 15 is 0 Å². The lowest BCUT2D eigenvalue weighted by atomic mass is 9.86. The van der Waals surface area contributed by atoms with Gasteiger partial charge in [0.2, 0.25) is 0 Å². The highest BCUT2D eigenvalue weighted by atomic mass is 15.1. The van der Waals surface area contributed by atoms with Crippen molar-refractivity contribution in [3.8, 4) is 55.6 Å². The van der Waals surface area contributed by atoms with Gasteiger partial charge in [0.15, 0.2) is 0 Å². The molecule has 0 aliphatic carbocycles. The molecule has 0 saturated carbocycles. The van der Waals surface area contributed by atoms with Crippen LogP contribution in [0.4, 0.5) is 56.9 Å². The lowest BCUT2D eigenvalue weighted by Gasteiger charge is -2.26. The molecule has 0 amide bonds. The van der Waals surface area contributed by atoms with E-state index in [0.29, 0.717) is 0 Å². The van der Waals surface area contributed by atoms with Crippen molar-refractivity contribution >= 4 is 56.9 Å². The molecule has 12 rings (SSSR count). The first-order valence-corrected chi connectivity index (χ1v) is 29.1. The fraction of sp³-hybridized carbons (Fsp3) is 0.100. The molecule has 0 fully saturated rings. The molecule has 4 heteroatoms. The first-order chi connectivity index (χ1) is 40.9. The summed E-state index contributed by atoms with van der Waals surface area (Å²) in [7, 11) is 0. The van der Waals surface area contributed by atoms with Gasteiger partial charge in [-0.2, -0.15) is 0 Å². The third kappa shape index (κ3) is 12.2. The molecule has 12 aromatic rings. The number of hydrogen-bond acceptors (Lipinski definition) is 4. The normalized spacial score (nSPS) is 11.5. The van der Waals surface area contributed by atoms with Crippen LogP contribution in [0.1, 0.15) is 52.7 Å². The summed E-state index contributed by atoms with van der Waals surface area (Å²) in [5, 5.41) is 7.39. The minimum absolute atomic E-state index is 0.112. The Morgan fingerprint density at radius 2 is 0.440 bits per heavy atom. The summed E-state index contributed by atoms with van der Waals surface area (Å²) >= 11 is 0. The Bertz CT molecular complexity index is 3830. The van der Waals surface area contributed by atoms with Crippen molar-refractivity contribution in [3.63, 3.8) is 0 Å². The Kier molecular flexibility index (Phi) is 15.4. The maximum Gasteiger partial charge on any atom is 0.0463 e. The summed E-state index contributed by atoms with van der Waals surface area (Å²) in [6.45, 7) is 13.5. The molecule has 4 nitrogen and oxygen atoms in total. The molecule has 0 spiro atoms. The molecule has 0 aliphatic rings. The van der Waals surface area contributed by atoms with E-state index in [-0.39, 0.29) is 10.8 Å². The quantitative estimate of drug-likeness (QED) is 0.107. The van der Waals surface area contributed by atoms with Gasteiger partial charge in [0.25, 0.3) is 0 Å². The smallest absolute Gasteiger partial charge is 0.0463 e. The highest BCUT2D eigenvalue weighted by Crippen LogP contribution is 2.41. The van der Waals surface area contributed by atoms with Crippen molar-refractivity contribution in [3.05, 3.63) is 314 Å². The Balaban J connectivity index is 0.729. The van der Waals surface area contributed by atoms with Gasteiger partial charge in [-0.25, -0.2) is 0 Å². The Labute approximate surface area is 497 Å². The maximum atomic E-state index is 3.70. The fourth-order valence-electron chi connectivity index (χ4n) is 11.1. The third-order valence-electron chi connectivity index (χ3n) is 15.8. The average Bonchev–Trinajstić information content (AvgIpc) is 3.66. The Hall–Kier alpha value is -10.2. The van der Waals surface area contributed by atoms with E-state index in [1.165, 1.54) is 33.4 Å². The number of anilines is 10. The van der Waals surface area contributed by atoms with Gasteiger partial charge in [0.1, 0.15) is 0 Å². The summed E-state index contributed by atoms with van der Waals surface area (Å²) in [5.41, 5.74) is 25.4. The lowest BCUT2D eigenvalue weighted by Crippen LogP contribution is -2.10. The van der Waals surface area contributed by atoms with Crippen LogP contribution in [-0.4, -0.2) is 0 Å². The molecule has 0 aromatic heterocycles. The molecule has 2 N–H and O–H groups in total. The van der Waals surface area contributed by atoms with Crippen LogP contribution in [0.2, 0.25) is 0 Å². The third-order valence-corrected chi connectivity index (χ3v) is 15.8. The number of nitrogens with one attached hydrogen (secondary N) is 2. The first-order valence-electron chi connectivity index (χ1n) is 29.1. The van der Waals surface area contributed by atoms with Crippen molar-refractivity contribution in [2.24, 2.45) is 0 Å². The number of nitrogens with zero attached hydrogens (tertiary/aromatic N) is 2. The highest BCUT2D eigenvalue weighted by molar-refractivity contribution is 5.86. The van der Waals surface area contributed by atoms with E-state index < -0.39 is 0 Å². The topological polar surface area (TPSA) is 30.5 Å². The van der Waals surface area contributed by atoms with Gasteiger partial charge >= 0.3 is 0 Å². The van der Waals surface area contributed by atoms with Crippen molar-refractivity contribution in [1.29, 1.82) is 0 Å². The maximum absolute atomic E-state index is 3.70. The molecule has 0 heterocycles. The zero-order valence-corrected chi connectivity index (χ0v) is 48.8. The van der Waals surface area contributed by atoms with Gasteiger partial charge in [-0.1, -0.05) is 236 Å². The molecule has 0 bridgehead atoms. The largest absolute Gasteiger partial charge is 0.355 e. The van der Waals surface area contributed by atoms with Crippen molar-refractivity contribution in [2.75, 3.05) is 20.4 Å². The molecule has 0 aliphatic heterocycles. The van der Waals surface area contributed by atoms with E-state index in [4.69, 9.17) is 0 Å². The second-order valence-corrected chi connectivity index (χ2v) is 23.7. The van der Waals surface area contributed by atoms with E-state index in [0.717, 1.165) is 90.3 Å². The lowest BCUT2D eigenvalue weighted by molar-refractivity contribution is 0.590.